The third-order valence-electron chi connectivity index (χ3n) is 4.83. The molecule has 1 N–H and O–H groups in total. The summed E-state index contributed by atoms with van der Waals surface area (Å²) >= 11 is 0. The number of aromatic nitrogens is 1. The second-order valence-corrected chi connectivity index (χ2v) is 6.62. The van der Waals surface area contributed by atoms with Crippen LogP contribution in [0, 0.1) is 0 Å². The summed E-state index contributed by atoms with van der Waals surface area (Å²) in [5, 5.41) is 2.78. The SMILES string of the molecule is O=C(COc1ccc2c(c1)CCC2)Nc1ccc(N2CCOCC2)cn1. The molecule has 1 aliphatic carbocycles. The maximum Gasteiger partial charge on any atom is 0.263 e. The first kappa shape index (κ1) is 16.8. The Balaban J connectivity index is 1.29. The minimum atomic E-state index is -0.211. The van der Waals surface area contributed by atoms with Gasteiger partial charge in [-0.1, -0.05) is 6.07 Å². The number of hydrogen-bond donors (Lipinski definition) is 1. The number of benzene rings is 1. The number of fused-ring (bicyclic) bond motifs is 1. The molecule has 1 aliphatic heterocycles. The highest BCUT2D eigenvalue weighted by Crippen LogP contribution is 2.26. The number of carbonyl (C=O) groups is 1. The van der Waals surface area contributed by atoms with Crippen molar-refractivity contribution in [3.63, 3.8) is 0 Å². The zero-order chi connectivity index (χ0) is 17.8. The van der Waals surface area contributed by atoms with Crippen LogP contribution in [0.1, 0.15) is 17.5 Å². The summed E-state index contributed by atoms with van der Waals surface area (Å²) in [6, 6.07) is 9.87. The molecule has 1 saturated heterocycles. The van der Waals surface area contributed by atoms with Crippen LogP contribution in [0.4, 0.5) is 11.5 Å². The van der Waals surface area contributed by atoms with Gasteiger partial charge in [-0.15, -0.1) is 0 Å². The standard InChI is InChI=1S/C20H23N3O3/c24-20(14-26-18-6-4-15-2-1-3-16(15)12-18)22-19-7-5-17(13-21-19)23-8-10-25-11-9-23/h4-7,12-13H,1-3,8-11,14H2,(H,21,22,24). The molecule has 26 heavy (non-hydrogen) atoms. The predicted molar refractivity (Wildman–Crippen MR) is 99.9 cm³/mol. The number of morpholine rings is 1. The molecule has 6 heteroatoms. The summed E-state index contributed by atoms with van der Waals surface area (Å²) in [6.45, 7) is 3.17. The number of carbonyl (C=O) groups excluding carboxylic acids is 1. The first-order chi connectivity index (χ1) is 12.8. The number of ether oxygens (including phenoxy) is 2. The van der Waals surface area contributed by atoms with Gasteiger partial charge in [-0.25, -0.2) is 4.98 Å². The third-order valence-corrected chi connectivity index (χ3v) is 4.83. The van der Waals surface area contributed by atoms with Crippen LogP contribution in [0.15, 0.2) is 36.5 Å². The van der Waals surface area contributed by atoms with Crippen LogP contribution in [0.25, 0.3) is 0 Å². The van der Waals surface area contributed by atoms with Crippen LogP contribution in [0.5, 0.6) is 5.75 Å². The van der Waals surface area contributed by atoms with E-state index in [0.717, 1.165) is 50.6 Å². The molecule has 0 unspecified atom stereocenters. The zero-order valence-electron chi connectivity index (χ0n) is 14.7. The number of nitrogens with one attached hydrogen (secondary N) is 1. The van der Waals surface area contributed by atoms with E-state index in [2.05, 4.69) is 21.3 Å². The largest absolute Gasteiger partial charge is 0.484 e. The highest BCUT2D eigenvalue weighted by molar-refractivity contribution is 5.91. The average molecular weight is 353 g/mol. The summed E-state index contributed by atoms with van der Waals surface area (Å²) < 4.78 is 11.0. The van der Waals surface area contributed by atoms with Crippen LogP contribution < -0.4 is 15.0 Å². The molecule has 136 valence electrons. The minimum Gasteiger partial charge on any atom is -0.484 e. The van der Waals surface area contributed by atoms with Gasteiger partial charge >= 0.3 is 0 Å². The first-order valence-electron chi connectivity index (χ1n) is 9.11. The van der Waals surface area contributed by atoms with Gasteiger partial charge in [0.05, 0.1) is 25.1 Å². The lowest BCUT2D eigenvalue weighted by atomic mass is 10.1. The predicted octanol–water partition coefficient (Wildman–Crippen LogP) is 2.42. The number of pyridine rings is 1. The van der Waals surface area contributed by atoms with Gasteiger partial charge in [0.2, 0.25) is 0 Å². The van der Waals surface area contributed by atoms with E-state index in [4.69, 9.17) is 9.47 Å². The molecule has 4 rings (SSSR count). The molecule has 1 aromatic heterocycles. The molecule has 0 saturated carbocycles. The molecule has 2 heterocycles. The second kappa shape index (κ2) is 7.74. The van der Waals surface area contributed by atoms with Gasteiger partial charge in [0, 0.05) is 13.1 Å². The molecule has 0 bridgehead atoms. The van der Waals surface area contributed by atoms with E-state index < -0.39 is 0 Å². The summed E-state index contributed by atoms with van der Waals surface area (Å²) in [6.07, 6.45) is 5.22. The van der Waals surface area contributed by atoms with E-state index in [1.807, 2.05) is 24.3 Å². The Morgan fingerprint density at radius 2 is 2.00 bits per heavy atom. The lowest BCUT2D eigenvalue weighted by Crippen LogP contribution is -2.36. The van der Waals surface area contributed by atoms with Crippen molar-refractivity contribution in [1.82, 2.24) is 4.98 Å². The zero-order valence-corrected chi connectivity index (χ0v) is 14.7. The Morgan fingerprint density at radius 1 is 1.15 bits per heavy atom. The van der Waals surface area contributed by atoms with Gasteiger partial charge in [0.1, 0.15) is 11.6 Å². The Bertz CT molecular complexity index is 770. The van der Waals surface area contributed by atoms with Gasteiger partial charge in [-0.2, -0.15) is 0 Å². The summed E-state index contributed by atoms with van der Waals surface area (Å²) in [4.78, 5) is 18.7. The van der Waals surface area contributed by atoms with E-state index in [9.17, 15) is 4.79 Å². The van der Waals surface area contributed by atoms with E-state index in [0.29, 0.717) is 5.82 Å². The molecule has 6 nitrogen and oxygen atoms in total. The molecule has 1 fully saturated rings. The number of amides is 1. The van der Waals surface area contributed by atoms with Crippen LogP contribution >= 0.6 is 0 Å². The Labute approximate surface area is 153 Å². The highest BCUT2D eigenvalue weighted by Gasteiger charge is 2.13. The smallest absolute Gasteiger partial charge is 0.263 e. The van der Waals surface area contributed by atoms with Crippen LogP contribution in [0.2, 0.25) is 0 Å². The van der Waals surface area contributed by atoms with E-state index in [-0.39, 0.29) is 12.5 Å². The quantitative estimate of drug-likeness (QED) is 0.894. The van der Waals surface area contributed by atoms with Gasteiger partial charge in [-0.05, 0) is 54.7 Å². The Morgan fingerprint density at radius 3 is 2.81 bits per heavy atom. The molecule has 0 spiro atoms. The molecular weight excluding hydrogens is 330 g/mol. The monoisotopic (exact) mass is 353 g/mol. The molecule has 2 aliphatic rings. The number of rotatable bonds is 5. The first-order valence-corrected chi connectivity index (χ1v) is 9.11. The van der Waals surface area contributed by atoms with Crippen molar-refractivity contribution in [2.75, 3.05) is 43.1 Å². The molecule has 1 aromatic carbocycles. The van der Waals surface area contributed by atoms with Crippen LogP contribution in [-0.2, 0) is 22.4 Å². The summed E-state index contributed by atoms with van der Waals surface area (Å²) in [7, 11) is 0. The Hall–Kier alpha value is -2.60. The van der Waals surface area contributed by atoms with Crippen LogP contribution in [0.3, 0.4) is 0 Å². The fourth-order valence-electron chi connectivity index (χ4n) is 3.43. The Kier molecular flexibility index (Phi) is 5.02. The van der Waals surface area contributed by atoms with E-state index >= 15 is 0 Å². The maximum atomic E-state index is 12.1. The molecule has 1 amide bonds. The summed E-state index contributed by atoms with van der Waals surface area (Å²) in [5.41, 5.74) is 3.77. The fraction of sp³-hybridized carbons (Fsp3) is 0.400. The number of hydrogen-bond acceptors (Lipinski definition) is 5. The van der Waals surface area contributed by atoms with Crippen molar-refractivity contribution in [2.24, 2.45) is 0 Å². The van der Waals surface area contributed by atoms with Crippen molar-refractivity contribution in [1.29, 1.82) is 0 Å². The lowest BCUT2D eigenvalue weighted by Gasteiger charge is -2.28. The minimum absolute atomic E-state index is 0.0221. The van der Waals surface area contributed by atoms with Gasteiger partial charge in [-0.3, -0.25) is 4.79 Å². The van der Waals surface area contributed by atoms with Crippen molar-refractivity contribution in [2.45, 2.75) is 19.3 Å². The van der Waals surface area contributed by atoms with Crippen molar-refractivity contribution >= 4 is 17.4 Å². The van der Waals surface area contributed by atoms with Gasteiger partial charge in [0.15, 0.2) is 6.61 Å². The fourth-order valence-corrected chi connectivity index (χ4v) is 3.43. The van der Waals surface area contributed by atoms with E-state index in [1.54, 1.807) is 6.20 Å². The topological polar surface area (TPSA) is 63.7 Å². The third kappa shape index (κ3) is 3.96. The van der Waals surface area contributed by atoms with Crippen molar-refractivity contribution in [3.05, 3.63) is 47.7 Å². The van der Waals surface area contributed by atoms with E-state index in [1.165, 1.54) is 17.5 Å². The van der Waals surface area contributed by atoms with Crippen LogP contribution in [-0.4, -0.2) is 43.8 Å². The highest BCUT2D eigenvalue weighted by atomic mass is 16.5. The normalized spacial score (nSPS) is 16.2. The van der Waals surface area contributed by atoms with Crippen molar-refractivity contribution < 1.29 is 14.3 Å². The van der Waals surface area contributed by atoms with Gasteiger partial charge in [0.25, 0.3) is 5.91 Å². The number of nitrogens with zero attached hydrogens (tertiary/aromatic N) is 2. The summed E-state index contributed by atoms with van der Waals surface area (Å²) in [5.74, 6) is 1.07. The molecule has 2 aromatic rings. The average Bonchev–Trinajstić information content (AvgIpc) is 3.15. The lowest BCUT2D eigenvalue weighted by molar-refractivity contribution is -0.118. The molecular formula is C20H23N3O3. The maximum absolute atomic E-state index is 12.1. The molecule has 0 radical (unpaired) electrons. The van der Waals surface area contributed by atoms with Crippen molar-refractivity contribution in [3.8, 4) is 5.75 Å². The second-order valence-electron chi connectivity index (χ2n) is 6.62. The number of aryl methyl sites for hydroxylation is 2. The molecule has 0 atom stereocenters. The van der Waals surface area contributed by atoms with Gasteiger partial charge < -0.3 is 19.7 Å². The number of anilines is 2.